The van der Waals surface area contributed by atoms with Crippen LogP contribution in [0, 0.1) is 12.7 Å². The highest BCUT2D eigenvalue weighted by Crippen LogP contribution is 2.36. The Morgan fingerprint density at radius 1 is 1.21 bits per heavy atom. The van der Waals surface area contributed by atoms with Crippen LogP contribution < -0.4 is 5.32 Å². The van der Waals surface area contributed by atoms with Crippen LogP contribution in [-0.4, -0.2) is 76.5 Å². The van der Waals surface area contributed by atoms with Gasteiger partial charge in [-0.2, -0.15) is 13.2 Å². The standard InChI is InChI=1S/C24H29F4N7O2S/c1-15-30-20(14-35(15)21-6-5-16(11-19(21)25)13-33(2)3)22-18(24(26,27)28)12-29-23(32-22)31-17-7-9-34(10-8-17)38(4,36)37/h5-6,11-12,14,17H,7-10,13H2,1-4H3,(H,29,31,32)/i2D3,3D3. The van der Waals surface area contributed by atoms with E-state index in [1.807, 2.05) is 0 Å². The molecule has 14 heteroatoms. The van der Waals surface area contributed by atoms with Gasteiger partial charge in [-0.15, -0.1) is 0 Å². The number of imidazole rings is 1. The van der Waals surface area contributed by atoms with E-state index in [0.717, 1.165) is 18.5 Å². The number of hydrogen-bond donors (Lipinski definition) is 1. The van der Waals surface area contributed by atoms with E-state index in [4.69, 9.17) is 8.22 Å². The minimum absolute atomic E-state index is 0.0461. The van der Waals surface area contributed by atoms with Gasteiger partial charge < -0.3 is 14.8 Å². The Hall–Kier alpha value is -3.10. The van der Waals surface area contributed by atoms with E-state index in [1.165, 1.54) is 27.9 Å². The first kappa shape index (κ1) is 20.8. The zero-order valence-electron chi connectivity index (χ0n) is 26.4. The molecule has 0 radical (unpaired) electrons. The van der Waals surface area contributed by atoms with Crippen molar-refractivity contribution in [2.75, 3.05) is 38.6 Å². The van der Waals surface area contributed by atoms with Crippen molar-refractivity contribution in [3.05, 3.63) is 53.4 Å². The highest BCUT2D eigenvalue weighted by molar-refractivity contribution is 7.88. The third-order valence-corrected chi connectivity index (χ3v) is 7.39. The number of halogens is 4. The second kappa shape index (κ2) is 10.6. The molecule has 38 heavy (non-hydrogen) atoms. The predicted octanol–water partition coefficient (Wildman–Crippen LogP) is 3.69. The predicted molar refractivity (Wildman–Crippen MR) is 135 cm³/mol. The summed E-state index contributed by atoms with van der Waals surface area (Å²) in [5, 5.41) is 2.96. The van der Waals surface area contributed by atoms with Crippen molar-refractivity contribution in [1.82, 2.24) is 28.7 Å². The van der Waals surface area contributed by atoms with Crippen molar-refractivity contribution in [2.45, 2.75) is 38.5 Å². The third-order valence-electron chi connectivity index (χ3n) is 6.09. The molecule has 4 rings (SSSR count). The average molecular weight is 562 g/mol. The Morgan fingerprint density at radius 2 is 1.92 bits per heavy atom. The van der Waals surface area contributed by atoms with Crippen molar-refractivity contribution in [3.8, 4) is 17.1 Å². The largest absolute Gasteiger partial charge is 0.420 e. The van der Waals surface area contributed by atoms with Gasteiger partial charge in [-0.3, -0.25) is 0 Å². The lowest BCUT2D eigenvalue weighted by Gasteiger charge is -2.30. The Morgan fingerprint density at radius 3 is 2.53 bits per heavy atom. The van der Waals surface area contributed by atoms with Crippen LogP contribution >= 0.6 is 0 Å². The molecule has 0 bridgehead atoms. The molecule has 9 nitrogen and oxygen atoms in total. The second-order valence-corrected chi connectivity index (χ2v) is 10.9. The molecule has 0 unspecified atom stereocenters. The fourth-order valence-electron chi connectivity index (χ4n) is 4.23. The van der Waals surface area contributed by atoms with Crippen LogP contribution in [0.15, 0.2) is 30.6 Å². The summed E-state index contributed by atoms with van der Waals surface area (Å²) < 4.78 is 128. The normalized spacial score (nSPS) is 18.8. The highest BCUT2D eigenvalue weighted by Gasteiger charge is 2.36. The van der Waals surface area contributed by atoms with Gasteiger partial charge >= 0.3 is 6.18 Å². The van der Waals surface area contributed by atoms with Crippen molar-refractivity contribution in [3.63, 3.8) is 0 Å². The molecule has 1 fully saturated rings. The van der Waals surface area contributed by atoms with Gasteiger partial charge in [-0.1, -0.05) is 6.07 Å². The summed E-state index contributed by atoms with van der Waals surface area (Å²) in [6.45, 7) is -4.69. The molecular formula is C24H29F4N7O2S. The topological polar surface area (TPSA) is 96.2 Å². The van der Waals surface area contributed by atoms with E-state index < -0.39 is 53.8 Å². The zero-order valence-corrected chi connectivity index (χ0v) is 21.2. The number of rotatable bonds is 7. The Balaban J connectivity index is 1.63. The summed E-state index contributed by atoms with van der Waals surface area (Å²) in [4.78, 5) is 12.3. The van der Waals surface area contributed by atoms with Crippen LogP contribution in [-0.2, 0) is 22.7 Å². The van der Waals surface area contributed by atoms with Crippen LogP contribution in [0.5, 0.6) is 0 Å². The fourth-order valence-corrected chi connectivity index (χ4v) is 5.10. The SMILES string of the molecule is [2H]C([2H])([2H])N(Cc1ccc(-n2cc(-c3nc(NC4CCN(S(C)(=O)=O)CC4)ncc3C(F)(F)F)nc2C)c(F)c1)C([2H])([2H])[2H]. The van der Waals surface area contributed by atoms with E-state index in [-0.39, 0.29) is 52.7 Å². The summed E-state index contributed by atoms with van der Waals surface area (Å²) in [5.74, 6) is -0.915. The Bertz CT molecular complexity index is 1610. The second-order valence-electron chi connectivity index (χ2n) is 8.95. The van der Waals surface area contributed by atoms with Crippen molar-refractivity contribution in [2.24, 2.45) is 0 Å². The number of nitrogens with one attached hydrogen (secondary N) is 1. The molecule has 0 spiro atoms. The smallest absolute Gasteiger partial charge is 0.351 e. The Kier molecular flexibility index (Phi) is 5.79. The maximum Gasteiger partial charge on any atom is 0.420 e. The van der Waals surface area contributed by atoms with E-state index in [0.29, 0.717) is 19.0 Å². The molecular weight excluding hydrogens is 526 g/mol. The summed E-state index contributed by atoms with van der Waals surface area (Å²) in [6, 6.07) is 3.20. The van der Waals surface area contributed by atoms with Crippen LogP contribution in [0.3, 0.4) is 0 Å². The van der Waals surface area contributed by atoms with E-state index in [9.17, 15) is 21.6 Å². The number of anilines is 1. The van der Waals surface area contributed by atoms with Crippen LogP contribution in [0.25, 0.3) is 17.1 Å². The summed E-state index contributed by atoms with van der Waals surface area (Å²) >= 11 is 0. The molecule has 2 aromatic heterocycles. The van der Waals surface area contributed by atoms with Gasteiger partial charge in [0, 0.05) is 46.3 Å². The third kappa shape index (κ3) is 6.30. The molecule has 3 heterocycles. The van der Waals surface area contributed by atoms with Gasteiger partial charge in [0.15, 0.2) is 0 Å². The molecule has 1 N–H and O–H groups in total. The van der Waals surface area contributed by atoms with E-state index in [1.54, 1.807) is 0 Å². The molecule has 0 atom stereocenters. The fraction of sp³-hybridized carbons (Fsp3) is 0.458. The van der Waals surface area contributed by atoms with E-state index in [2.05, 4.69) is 20.3 Å². The minimum atomic E-state index is -4.85. The summed E-state index contributed by atoms with van der Waals surface area (Å²) in [7, 11) is -3.37. The molecule has 0 saturated carbocycles. The minimum Gasteiger partial charge on any atom is -0.351 e. The first-order valence-corrected chi connectivity index (χ1v) is 13.3. The number of aromatic nitrogens is 4. The van der Waals surface area contributed by atoms with Crippen molar-refractivity contribution < 1.29 is 34.2 Å². The van der Waals surface area contributed by atoms with Gasteiger partial charge in [0.1, 0.15) is 28.6 Å². The zero-order chi connectivity index (χ0) is 32.8. The number of sulfonamides is 1. The van der Waals surface area contributed by atoms with E-state index >= 15 is 4.39 Å². The maximum absolute atomic E-state index is 15.3. The van der Waals surface area contributed by atoms with Crippen LogP contribution in [0.1, 0.15) is 38.0 Å². The van der Waals surface area contributed by atoms with Gasteiger partial charge in [0.2, 0.25) is 16.0 Å². The summed E-state index contributed by atoms with van der Waals surface area (Å²) in [5.41, 5.74) is -2.05. The molecule has 1 aliphatic rings. The lowest BCUT2D eigenvalue weighted by atomic mass is 10.1. The molecule has 1 saturated heterocycles. The number of alkyl halides is 3. The lowest BCUT2D eigenvalue weighted by Crippen LogP contribution is -2.42. The van der Waals surface area contributed by atoms with Gasteiger partial charge in [0.25, 0.3) is 0 Å². The summed E-state index contributed by atoms with van der Waals surface area (Å²) in [6.07, 6.45) is -1.21. The van der Waals surface area contributed by atoms with Crippen LogP contribution in [0.2, 0.25) is 0 Å². The molecule has 0 amide bonds. The van der Waals surface area contributed by atoms with Crippen molar-refractivity contribution >= 4 is 16.0 Å². The molecule has 0 aliphatic carbocycles. The monoisotopic (exact) mass is 561 g/mol. The maximum atomic E-state index is 15.3. The quantitative estimate of drug-likeness (QED) is 0.440. The number of benzene rings is 1. The molecule has 1 aromatic carbocycles. The van der Waals surface area contributed by atoms with Gasteiger partial charge in [0.05, 0.1) is 11.9 Å². The number of aryl methyl sites for hydroxylation is 1. The highest BCUT2D eigenvalue weighted by atomic mass is 32.2. The number of nitrogens with zero attached hydrogens (tertiary/aromatic N) is 6. The number of hydrogen-bond acceptors (Lipinski definition) is 7. The first-order valence-electron chi connectivity index (χ1n) is 14.4. The molecule has 1 aliphatic heterocycles. The first-order chi connectivity index (χ1) is 20.1. The Labute approximate surface area is 227 Å². The van der Waals surface area contributed by atoms with Crippen LogP contribution in [0.4, 0.5) is 23.5 Å². The molecule has 206 valence electrons. The average Bonchev–Trinajstić information content (AvgIpc) is 3.26. The molecule has 3 aromatic rings. The van der Waals surface area contributed by atoms with Crippen molar-refractivity contribution in [1.29, 1.82) is 0 Å². The van der Waals surface area contributed by atoms with Gasteiger partial charge in [-0.25, -0.2) is 32.1 Å². The lowest BCUT2D eigenvalue weighted by molar-refractivity contribution is -0.137. The van der Waals surface area contributed by atoms with Gasteiger partial charge in [-0.05, 0) is 51.4 Å². The number of piperidine rings is 1.